The van der Waals surface area contributed by atoms with Crippen LogP contribution in [0.15, 0.2) is 23.3 Å². The number of allylic oxidation sites excluding steroid dienone is 1. The zero-order valence-corrected chi connectivity index (χ0v) is 12.0. The van der Waals surface area contributed by atoms with Crippen molar-refractivity contribution >= 4 is 5.97 Å². The lowest BCUT2D eigenvalue weighted by molar-refractivity contribution is -0.215. The van der Waals surface area contributed by atoms with Crippen molar-refractivity contribution in [1.29, 1.82) is 0 Å². The fourth-order valence-corrected chi connectivity index (χ4v) is 4.28. The van der Waals surface area contributed by atoms with Gasteiger partial charge in [0.15, 0.2) is 0 Å². The van der Waals surface area contributed by atoms with Crippen LogP contribution >= 0.6 is 0 Å². The summed E-state index contributed by atoms with van der Waals surface area (Å²) in [5.41, 5.74) is 3.26. The predicted octanol–water partition coefficient (Wildman–Crippen LogP) is 3.36. The summed E-state index contributed by atoms with van der Waals surface area (Å²) in [6, 6.07) is 0. The van der Waals surface area contributed by atoms with Gasteiger partial charge in [0.1, 0.15) is 0 Å². The predicted molar refractivity (Wildman–Crippen MR) is 72.4 cm³/mol. The molecule has 0 spiro atoms. The van der Waals surface area contributed by atoms with Crippen molar-refractivity contribution < 1.29 is 14.3 Å². The molecular weight excluding hydrogens is 240 g/mol. The van der Waals surface area contributed by atoms with Crippen LogP contribution in [0.4, 0.5) is 0 Å². The van der Waals surface area contributed by atoms with E-state index in [1.807, 2.05) is 6.92 Å². The summed E-state index contributed by atoms with van der Waals surface area (Å²) >= 11 is 0. The Balaban J connectivity index is 2.05. The van der Waals surface area contributed by atoms with E-state index < -0.39 is 5.79 Å². The van der Waals surface area contributed by atoms with Crippen LogP contribution in [0.2, 0.25) is 0 Å². The third kappa shape index (κ3) is 1.64. The zero-order valence-electron chi connectivity index (χ0n) is 12.0. The van der Waals surface area contributed by atoms with Crippen LogP contribution in [-0.2, 0) is 14.3 Å². The Hall–Kier alpha value is -1.09. The second kappa shape index (κ2) is 3.95. The summed E-state index contributed by atoms with van der Waals surface area (Å²) < 4.78 is 11.3. The maximum Gasteiger partial charge on any atom is 0.336 e. The third-order valence-corrected chi connectivity index (χ3v) is 5.43. The van der Waals surface area contributed by atoms with E-state index >= 15 is 0 Å². The number of carbonyl (C=O) groups excluding carboxylic acids is 1. The van der Waals surface area contributed by atoms with Gasteiger partial charge in [0.25, 0.3) is 0 Å². The minimum atomic E-state index is -0.802. The molecule has 0 bridgehead atoms. The van der Waals surface area contributed by atoms with Gasteiger partial charge in [-0.2, -0.15) is 0 Å². The molecule has 0 saturated heterocycles. The smallest absolute Gasteiger partial charge is 0.336 e. The van der Waals surface area contributed by atoms with Crippen molar-refractivity contribution in [2.75, 3.05) is 7.11 Å². The molecule has 1 aliphatic heterocycles. The van der Waals surface area contributed by atoms with E-state index in [4.69, 9.17) is 9.47 Å². The minimum absolute atomic E-state index is 0.139. The number of hydrogen-bond acceptors (Lipinski definition) is 3. The summed E-state index contributed by atoms with van der Waals surface area (Å²) in [6.07, 6.45) is 5.07. The Morgan fingerprint density at radius 1 is 1.47 bits per heavy atom. The van der Waals surface area contributed by atoms with Crippen LogP contribution in [0.3, 0.4) is 0 Å². The Kier molecular flexibility index (Phi) is 2.69. The molecule has 3 atom stereocenters. The quantitative estimate of drug-likeness (QED) is 0.537. The fourth-order valence-electron chi connectivity index (χ4n) is 4.28. The van der Waals surface area contributed by atoms with Gasteiger partial charge in [-0.05, 0) is 43.9 Å². The first kappa shape index (κ1) is 12.9. The molecule has 1 heterocycles. The normalized spacial score (nSPS) is 41.9. The Labute approximate surface area is 114 Å². The van der Waals surface area contributed by atoms with Crippen molar-refractivity contribution in [3.63, 3.8) is 0 Å². The second-order valence-corrected chi connectivity index (χ2v) is 6.55. The SMILES string of the molecule is C=C1CCC[C@]2(C)C[C@]3(OC)OC(=O)C(C)=C3CC12. The third-order valence-electron chi connectivity index (χ3n) is 5.43. The minimum Gasteiger partial charge on any atom is -0.426 e. The van der Waals surface area contributed by atoms with E-state index in [1.54, 1.807) is 7.11 Å². The van der Waals surface area contributed by atoms with E-state index in [2.05, 4.69) is 13.5 Å². The van der Waals surface area contributed by atoms with Gasteiger partial charge in [-0.25, -0.2) is 4.79 Å². The van der Waals surface area contributed by atoms with Gasteiger partial charge in [-0.1, -0.05) is 19.1 Å². The van der Waals surface area contributed by atoms with Crippen molar-refractivity contribution in [1.82, 2.24) is 0 Å². The summed E-state index contributed by atoms with van der Waals surface area (Å²) in [4.78, 5) is 11.9. The van der Waals surface area contributed by atoms with Gasteiger partial charge >= 0.3 is 5.97 Å². The average molecular weight is 262 g/mol. The summed E-state index contributed by atoms with van der Waals surface area (Å²) in [5.74, 6) is -0.557. The summed E-state index contributed by atoms with van der Waals surface area (Å²) in [5, 5.41) is 0. The molecule has 0 amide bonds. The molecule has 3 aliphatic rings. The molecule has 0 aromatic rings. The van der Waals surface area contributed by atoms with Crippen LogP contribution < -0.4 is 0 Å². The molecular formula is C16H22O3. The molecule has 2 aliphatic carbocycles. The first-order valence-electron chi connectivity index (χ1n) is 7.08. The van der Waals surface area contributed by atoms with Crippen LogP contribution in [-0.4, -0.2) is 18.9 Å². The highest BCUT2D eigenvalue weighted by atomic mass is 16.7. The molecule has 3 nitrogen and oxygen atoms in total. The number of rotatable bonds is 1. The Morgan fingerprint density at radius 3 is 2.89 bits per heavy atom. The number of hydrogen-bond donors (Lipinski definition) is 0. The zero-order chi connectivity index (χ0) is 13.8. The van der Waals surface area contributed by atoms with Gasteiger partial charge in [-0.15, -0.1) is 0 Å². The van der Waals surface area contributed by atoms with E-state index in [1.165, 1.54) is 12.0 Å². The Bertz CT molecular complexity index is 490. The fraction of sp³-hybridized carbons (Fsp3) is 0.688. The van der Waals surface area contributed by atoms with E-state index in [-0.39, 0.29) is 11.4 Å². The lowest BCUT2D eigenvalue weighted by atomic mass is 9.56. The standard InChI is InChI=1S/C16H22O3/c1-10-6-5-7-15(3)9-16(18-4)13(8-12(10)15)11(2)14(17)19-16/h12H,1,5-9H2,2-4H3/t12?,15-,16+/m1/s1. The largest absolute Gasteiger partial charge is 0.426 e. The lowest BCUT2D eigenvalue weighted by Crippen LogP contribution is -2.49. The molecule has 3 heteroatoms. The highest BCUT2D eigenvalue weighted by molar-refractivity contribution is 5.92. The lowest BCUT2D eigenvalue weighted by Gasteiger charge is -2.51. The van der Waals surface area contributed by atoms with Crippen molar-refractivity contribution in [2.45, 2.75) is 51.7 Å². The molecule has 0 aromatic carbocycles. The topological polar surface area (TPSA) is 35.5 Å². The number of esters is 1. The molecule has 1 unspecified atom stereocenters. The van der Waals surface area contributed by atoms with Gasteiger partial charge in [0.05, 0.1) is 0 Å². The van der Waals surface area contributed by atoms with E-state index in [9.17, 15) is 4.79 Å². The highest BCUT2D eigenvalue weighted by Gasteiger charge is 2.58. The monoisotopic (exact) mass is 262 g/mol. The average Bonchev–Trinajstić information content (AvgIpc) is 2.59. The number of ether oxygens (including phenoxy) is 2. The molecule has 104 valence electrons. The van der Waals surface area contributed by atoms with Crippen LogP contribution in [0.1, 0.15) is 46.0 Å². The molecule has 3 rings (SSSR count). The molecule has 2 saturated carbocycles. The number of fused-ring (bicyclic) bond motifs is 2. The first-order valence-corrected chi connectivity index (χ1v) is 7.08. The molecule has 2 fully saturated rings. The van der Waals surface area contributed by atoms with Gasteiger partial charge in [-0.3, -0.25) is 0 Å². The van der Waals surface area contributed by atoms with Gasteiger partial charge in [0.2, 0.25) is 5.79 Å². The van der Waals surface area contributed by atoms with Crippen LogP contribution in [0.25, 0.3) is 0 Å². The van der Waals surface area contributed by atoms with E-state index in [0.717, 1.165) is 36.8 Å². The van der Waals surface area contributed by atoms with E-state index in [0.29, 0.717) is 5.92 Å². The molecule has 0 N–H and O–H groups in total. The summed E-state index contributed by atoms with van der Waals surface area (Å²) in [7, 11) is 1.65. The molecule has 19 heavy (non-hydrogen) atoms. The molecule has 0 aromatic heterocycles. The first-order chi connectivity index (χ1) is 8.92. The second-order valence-electron chi connectivity index (χ2n) is 6.55. The summed E-state index contributed by atoms with van der Waals surface area (Å²) in [6.45, 7) is 8.41. The van der Waals surface area contributed by atoms with Crippen molar-refractivity contribution in [3.8, 4) is 0 Å². The maximum absolute atomic E-state index is 11.9. The highest BCUT2D eigenvalue weighted by Crippen LogP contribution is 2.59. The van der Waals surface area contributed by atoms with Gasteiger partial charge in [0, 0.05) is 24.7 Å². The van der Waals surface area contributed by atoms with Crippen LogP contribution in [0, 0.1) is 11.3 Å². The van der Waals surface area contributed by atoms with Gasteiger partial charge < -0.3 is 9.47 Å². The van der Waals surface area contributed by atoms with Crippen molar-refractivity contribution in [2.24, 2.45) is 11.3 Å². The van der Waals surface area contributed by atoms with Crippen molar-refractivity contribution in [3.05, 3.63) is 23.3 Å². The number of methoxy groups -OCH3 is 1. The van der Waals surface area contributed by atoms with Crippen LogP contribution in [0.5, 0.6) is 0 Å². The number of carbonyl (C=O) groups is 1. The molecule has 0 radical (unpaired) electrons. The Morgan fingerprint density at radius 2 is 2.21 bits per heavy atom. The maximum atomic E-state index is 11.9.